The summed E-state index contributed by atoms with van der Waals surface area (Å²) in [7, 11) is 0. The molecule has 2 saturated heterocycles. The minimum absolute atomic E-state index is 0.115. The van der Waals surface area contributed by atoms with E-state index in [1.807, 2.05) is 51.1 Å². The van der Waals surface area contributed by atoms with Crippen LogP contribution in [0, 0.1) is 10.1 Å². The molecule has 2 aliphatic rings. The third kappa shape index (κ3) is 6.16. The average Bonchev–Trinajstić information content (AvgIpc) is 2.83. The van der Waals surface area contributed by atoms with Crippen molar-refractivity contribution in [1.29, 1.82) is 0 Å². The second kappa shape index (κ2) is 10.5. The molecule has 200 valence electrons. The van der Waals surface area contributed by atoms with Crippen LogP contribution in [-0.4, -0.2) is 64.4 Å². The highest BCUT2D eigenvalue weighted by Crippen LogP contribution is 2.37. The smallest absolute Gasteiger partial charge is 0.270 e. The topological polar surface area (TPSA) is 133 Å². The summed E-state index contributed by atoms with van der Waals surface area (Å²) in [6, 6.07) is 11.2. The number of non-ortho nitro benzene ring substituents is 1. The maximum atomic E-state index is 11.6. The average molecular weight is 515 g/mol. The van der Waals surface area contributed by atoms with Gasteiger partial charge in [0.1, 0.15) is 30.1 Å². The zero-order valence-electron chi connectivity index (χ0n) is 21.7. The van der Waals surface area contributed by atoms with Crippen molar-refractivity contribution >= 4 is 11.9 Å². The van der Waals surface area contributed by atoms with Crippen molar-refractivity contribution in [3.63, 3.8) is 0 Å². The van der Waals surface area contributed by atoms with Gasteiger partial charge in [-0.15, -0.1) is 0 Å². The molecule has 0 radical (unpaired) electrons. The number of ether oxygens (including phenoxy) is 4. The zero-order valence-corrected chi connectivity index (χ0v) is 21.7. The number of nitro groups is 1. The predicted molar refractivity (Wildman–Crippen MR) is 136 cm³/mol. The van der Waals surface area contributed by atoms with Gasteiger partial charge in [0.2, 0.25) is 0 Å². The van der Waals surface area contributed by atoms with Crippen molar-refractivity contribution < 1.29 is 34.1 Å². The summed E-state index contributed by atoms with van der Waals surface area (Å²) >= 11 is 0. The van der Waals surface area contributed by atoms with E-state index in [9.17, 15) is 20.3 Å². The first-order valence-corrected chi connectivity index (χ1v) is 12.2. The molecule has 0 unspecified atom stereocenters. The van der Waals surface area contributed by atoms with Crippen LogP contribution in [-0.2, 0) is 31.0 Å². The molecule has 0 saturated carbocycles. The monoisotopic (exact) mass is 514 g/mol. The maximum Gasteiger partial charge on any atom is 0.270 e. The minimum atomic E-state index is -1.12. The Hall–Kier alpha value is -2.89. The standard InChI is InChI=1S/C27H34N2O8/c1-26(2,3)19-12-18(29(32)33)11-17(22(19)30)13-28-21-23(31)24-20(15-35-27(4,5)37-24)36-25(21)34-14-16-9-7-6-8-10-16/h6-13,20-21,23-25,30-31H,14-15H2,1-5H3/t20-,21-,23-,24-,25+/m1/s1. The molecule has 0 aliphatic carbocycles. The zero-order chi connectivity index (χ0) is 27.0. The summed E-state index contributed by atoms with van der Waals surface area (Å²) < 4.78 is 23.8. The Morgan fingerprint density at radius 2 is 1.95 bits per heavy atom. The number of aliphatic hydroxyl groups excluding tert-OH is 1. The fraction of sp³-hybridized carbons (Fsp3) is 0.519. The fourth-order valence-electron chi connectivity index (χ4n) is 4.46. The van der Waals surface area contributed by atoms with E-state index in [1.54, 1.807) is 13.8 Å². The molecule has 2 aromatic carbocycles. The van der Waals surface area contributed by atoms with Crippen molar-refractivity contribution in [3.8, 4) is 5.75 Å². The number of aromatic hydroxyl groups is 1. The quantitative estimate of drug-likeness (QED) is 0.338. The van der Waals surface area contributed by atoms with Gasteiger partial charge in [-0.05, 0) is 24.8 Å². The minimum Gasteiger partial charge on any atom is -0.507 e. The first-order chi connectivity index (χ1) is 17.4. The number of phenols is 1. The molecule has 4 rings (SSSR count). The summed E-state index contributed by atoms with van der Waals surface area (Å²) in [5.41, 5.74) is 0.755. The van der Waals surface area contributed by atoms with E-state index < -0.39 is 46.8 Å². The van der Waals surface area contributed by atoms with Crippen LogP contribution in [0.2, 0.25) is 0 Å². The lowest BCUT2D eigenvalue weighted by atomic mass is 9.85. The molecule has 0 amide bonds. The summed E-state index contributed by atoms with van der Waals surface area (Å²) in [5.74, 6) is -1.03. The summed E-state index contributed by atoms with van der Waals surface area (Å²) in [4.78, 5) is 15.6. The van der Waals surface area contributed by atoms with Crippen LogP contribution >= 0.6 is 0 Å². The van der Waals surface area contributed by atoms with E-state index >= 15 is 0 Å². The van der Waals surface area contributed by atoms with Gasteiger partial charge >= 0.3 is 0 Å². The molecule has 0 aromatic heterocycles. The van der Waals surface area contributed by atoms with Crippen LogP contribution in [0.4, 0.5) is 5.69 Å². The first kappa shape index (κ1) is 27.2. The van der Waals surface area contributed by atoms with Gasteiger partial charge < -0.3 is 29.2 Å². The second-order valence-electron chi connectivity index (χ2n) is 10.8. The third-order valence-corrected chi connectivity index (χ3v) is 6.44. The number of aliphatic hydroxyl groups is 1. The molecule has 2 N–H and O–H groups in total. The molecule has 2 fully saturated rings. The van der Waals surface area contributed by atoms with Crippen molar-refractivity contribution in [2.24, 2.45) is 4.99 Å². The number of phenolic OH excluding ortho intramolecular Hbond substituents is 1. The molecular formula is C27H34N2O8. The SMILES string of the molecule is CC1(C)OC[C@H]2O[C@H](OCc3ccccc3)[C@H](N=Cc3cc([N+](=O)[O-])cc(C(C)(C)C)c3O)[C@@H](O)[C@@H]2O1. The lowest BCUT2D eigenvalue weighted by Gasteiger charge is -2.48. The largest absolute Gasteiger partial charge is 0.507 e. The molecule has 37 heavy (non-hydrogen) atoms. The Kier molecular flexibility index (Phi) is 7.68. The number of fused-ring (bicyclic) bond motifs is 1. The number of rotatable bonds is 6. The third-order valence-electron chi connectivity index (χ3n) is 6.44. The van der Waals surface area contributed by atoms with E-state index in [-0.39, 0.29) is 30.2 Å². The predicted octanol–water partition coefficient (Wildman–Crippen LogP) is 3.84. The Morgan fingerprint density at radius 1 is 1.24 bits per heavy atom. The Balaban J connectivity index is 1.67. The lowest BCUT2D eigenvalue weighted by molar-refractivity contribution is -0.385. The molecule has 0 bridgehead atoms. The second-order valence-corrected chi connectivity index (χ2v) is 10.8. The molecule has 2 aliphatic heterocycles. The lowest BCUT2D eigenvalue weighted by Crippen LogP contribution is -2.64. The molecule has 10 nitrogen and oxygen atoms in total. The van der Waals surface area contributed by atoms with Crippen LogP contribution in [0.25, 0.3) is 0 Å². The van der Waals surface area contributed by atoms with Gasteiger partial charge in [0.05, 0.1) is 18.1 Å². The van der Waals surface area contributed by atoms with Gasteiger partial charge in [-0.1, -0.05) is 51.1 Å². The van der Waals surface area contributed by atoms with Crippen LogP contribution in [0.3, 0.4) is 0 Å². The van der Waals surface area contributed by atoms with Crippen LogP contribution < -0.4 is 0 Å². The van der Waals surface area contributed by atoms with Crippen molar-refractivity contribution in [3.05, 3.63) is 69.3 Å². The molecule has 10 heteroatoms. The van der Waals surface area contributed by atoms with Gasteiger partial charge in [0, 0.05) is 29.5 Å². The molecule has 2 aromatic rings. The van der Waals surface area contributed by atoms with Gasteiger partial charge in [-0.3, -0.25) is 15.1 Å². The maximum absolute atomic E-state index is 11.6. The van der Waals surface area contributed by atoms with Crippen molar-refractivity contribution in [1.82, 2.24) is 0 Å². The van der Waals surface area contributed by atoms with E-state index in [4.69, 9.17) is 18.9 Å². The molecule has 2 heterocycles. The summed E-state index contributed by atoms with van der Waals surface area (Å²) in [5, 5.41) is 33.8. The fourth-order valence-corrected chi connectivity index (χ4v) is 4.46. The normalized spacial score (nSPS) is 27.7. The van der Waals surface area contributed by atoms with Gasteiger partial charge in [0.25, 0.3) is 5.69 Å². The first-order valence-electron chi connectivity index (χ1n) is 12.2. The van der Waals surface area contributed by atoms with E-state index in [1.165, 1.54) is 18.3 Å². The molecule has 0 spiro atoms. The number of aliphatic imine (C=N–C) groups is 1. The van der Waals surface area contributed by atoms with Crippen molar-refractivity contribution in [2.45, 2.75) is 83.1 Å². The van der Waals surface area contributed by atoms with Crippen molar-refractivity contribution in [2.75, 3.05) is 6.61 Å². The van der Waals surface area contributed by atoms with Gasteiger partial charge in [0.15, 0.2) is 12.1 Å². The van der Waals surface area contributed by atoms with Crippen LogP contribution in [0.5, 0.6) is 5.75 Å². The number of nitrogens with zero attached hydrogens (tertiary/aromatic N) is 2. The van der Waals surface area contributed by atoms with E-state index in [0.29, 0.717) is 5.56 Å². The molecular weight excluding hydrogens is 480 g/mol. The van der Waals surface area contributed by atoms with Crippen LogP contribution in [0.15, 0.2) is 47.5 Å². The molecule has 5 atom stereocenters. The highest BCUT2D eigenvalue weighted by Gasteiger charge is 2.51. The Morgan fingerprint density at radius 3 is 2.59 bits per heavy atom. The van der Waals surface area contributed by atoms with E-state index in [2.05, 4.69) is 4.99 Å². The number of nitro benzene ring substituents is 1. The van der Waals surface area contributed by atoms with E-state index in [0.717, 1.165) is 5.56 Å². The van der Waals surface area contributed by atoms with Gasteiger partial charge in [-0.2, -0.15) is 0 Å². The Bertz CT molecular complexity index is 1150. The number of hydrogen-bond donors (Lipinski definition) is 2. The number of hydrogen-bond acceptors (Lipinski definition) is 9. The summed E-state index contributed by atoms with van der Waals surface area (Å²) in [6.45, 7) is 9.47. The summed E-state index contributed by atoms with van der Waals surface area (Å²) in [6.07, 6.45) is -2.07. The Labute approximate surface area is 216 Å². The van der Waals surface area contributed by atoms with Crippen LogP contribution in [0.1, 0.15) is 51.3 Å². The number of benzene rings is 2. The highest BCUT2D eigenvalue weighted by molar-refractivity contribution is 5.86. The highest BCUT2D eigenvalue weighted by atomic mass is 16.8. The van der Waals surface area contributed by atoms with Gasteiger partial charge in [-0.25, -0.2) is 0 Å².